The highest BCUT2D eigenvalue weighted by molar-refractivity contribution is 5.68. The number of nitrogens with one attached hydrogen (secondary N) is 1. The monoisotopic (exact) mass is 264 g/mol. The Bertz CT molecular complexity index is 734. The summed E-state index contributed by atoms with van der Waals surface area (Å²) < 4.78 is 0. The molecule has 5 nitrogen and oxygen atoms in total. The smallest absolute Gasteiger partial charge is 0.185 e. The van der Waals surface area contributed by atoms with Crippen LogP contribution >= 0.6 is 0 Å². The molecule has 0 atom stereocenters. The van der Waals surface area contributed by atoms with Gasteiger partial charge in [0.15, 0.2) is 5.82 Å². The van der Waals surface area contributed by atoms with E-state index in [1.807, 2.05) is 30.4 Å². The number of hydrogen-bond acceptors (Lipinski definition) is 4. The number of aromatic hydroxyl groups is 1. The van der Waals surface area contributed by atoms with E-state index >= 15 is 0 Å². The predicted molar refractivity (Wildman–Crippen MR) is 76.6 cm³/mol. The highest BCUT2D eigenvalue weighted by atomic mass is 16.3. The standard InChI is InChI=1S/C15H12N4O/c20-13-6-2-1-5-12(13)15-17-14(18-19-15)8-7-11-4-3-9-16-10-11/h1-10,20H,(H,17,18,19). The number of pyridine rings is 1. The summed E-state index contributed by atoms with van der Waals surface area (Å²) >= 11 is 0. The summed E-state index contributed by atoms with van der Waals surface area (Å²) in [4.78, 5) is 8.35. The van der Waals surface area contributed by atoms with Crippen LogP contribution in [-0.4, -0.2) is 25.3 Å². The molecule has 0 radical (unpaired) electrons. The Labute approximate surface area is 115 Å². The SMILES string of the molecule is Oc1ccccc1-c1n[nH]c(C=Cc2cccnc2)n1. The molecular weight excluding hydrogens is 252 g/mol. The van der Waals surface area contributed by atoms with Crippen molar-refractivity contribution in [3.63, 3.8) is 0 Å². The van der Waals surface area contributed by atoms with Crippen molar-refractivity contribution in [3.8, 4) is 17.1 Å². The lowest BCUT2D eigenvalue weighted by Crippen LogP contribution is -1.81. The number of phenolic OH excluding ortho intramolecular Hbond substituents is 1. The molecule has 98 valence electrons. The highest BCUT2D eigenvalue weighted by Gasteiger charge is 2.08. The van der Waals surface area contributed by atoms with E-state index in [1.165, 1.54) is 0 Å². The maximum Gasteiger partial charge on any atom is 0.185 e. The highest BCUT2D eigenvalue weighted by Crippen LogP contribution is 2.25. The number of phenols is 1. The molecular formula is C15H12N4O. The number of aromatic nitrogens is 4. The van der Waals surface area contributed by atoms with Gasteiger partial charge in [-0.05, 0) is 35.9 Å². The number of benzene rings is 1. The quantitative estimate of drug-likeness (QED) is 0.762. The number of hydrogen-bond donors (Lipinski definition) is 2. The van der Waals surface area contributed by atoms with Gasteiger partial charge in [-0.15, -0.1) is 0 Å². The first-order valence-corrected chi connectivity index (χ1v) is 6.12. The molecule has 3 rings (SSSR count). The zero-order valence-corrected chi connectivity index (χ0v) is 10.6. The van der Waals surface area contributed by atoms with Gasteiger partial charge in [-0.25, -0.2) is 4.98 Å². The Balaban J connectivity index is 1.85. The maximum absolute atomic E-state index is 9.76. The number of para-hydroxylation sites is 1. The van der Waals surface area contributed by atoms with E-state index in [0.29, 0.717) is 17.2 Å². The van der Waals surface area contributed by atoms with Gasteiger partial charge >= 0.3 is 0 Å². The summed E-state index contributed by atoms with van der Waals surface area (Å²) in [6.07, 6.45) is 7.19. The summed E-state index contributed by atoms with van der Waals surface area (Å²) in [6, 6.07) is 10.8. The van der Waals surface area contributed by atoms with Crippen molar-refractivity contribution >= 4 is 12.2 Å². The Hall–Kier alpha value is -2.95. The summed E-state index contributed by atoms with van der Waals surface area (Å²) in [5, 5.41) is 16.7. The second-order valence-corrected chi connectivity index (χ2v) is 4.18. The average molecular weight is 264 g/mol. The Morgan fingerprint density at radius 1 is 1.05 bits per heavy atom. The van der Waals surface area contributed by atoms with Gasteiger partial charge in [0.05, 0.1) is 5.56 Å². The first-order valence-electron chi connectivity index (χ1n) is 6.12. The Morgan fingerprint density at radius 3 is 2.75 bits per heavy atom. The third kappa shape index (κ3) is 2.56. The van der Waals surface area contributed by atoms with Crippen molar-refractivity contribution in [3.05, 3.63) is 60.2 Å². The summed E-state index contributed by atoms with van der Waals surface area (Å²) in [6.45, 7) is 0. The molecule has 0 fully saturated rings. The van der Waals surface area contributed by atoms with Crippen LogP contribution in [0.1, 0.15) is 11.4 Å². The summed E-state index contributed by atoms with van der Waals surface area (Å²) in [5.74, 6) is 1.25. The number of aromatic amines is 1. The van der Waals surface area contributed by atoms with Gasteiger partial charge in [-0.2, -0.15) is 5.10 Å². The van der Waals surface area contributed by atoms with Crippen molar-refractivity contribution in [2.45, 2.75) is 0 Å². The zero-order chi connectivity index (χ0) is 13.8. The number of nitrogens with zero attached hydrogens (tertiary/aromatic N) is 3. The van der Waals surface area contributed by atoms with Crippen molar-refractivity contribution < 1.29 is 5.11 Å². The molecule has 3 aromatic rings. The summed E-state index contributed by atoms with van der Waals surface area (Å²) in [7, 11) is 0. The van der Waals surface area contributed by atoms with E-state index in [2.05, 4.69) is 20.2 Å². The topological polar surface area (TPSA) is 74.7 Å². The van der Waals surface area contributed by atoms with Gasteiger partial charge in [0.25, 0.3) is 0 Å². The minimum Gasteiger partial charge on any atom is -0.507 e. The van der Waals surface area contributed by atoms with Gasteiger partial charge in [0, 0.05) is 12.4 Å². The fourth-order valence-electron chi connectivity index (χ4n) is 1.78. The molecule has 0 aliphatic heterocycles. The maximum atomic E-state index is 9.76. The second kappa shape index (κ2) is 5.36. The van der Waals surface area contributed by atoms with Crippen molar-refractivity contribution in [2.24, 2.45) is 0 Å². The van der Waals surface area contributed by atoms with E-state index in [-0.39, 0.29) is 5.75 Å². The summed E-state index contributed by atoms with van der Waals surface area (Å²) in [5.41, 5.74) is 1.58. The first-order chi connectivity index (χ1) is 9.83. The molecule has 0 unspecified atom stereocenters. The van der Waals surface area contributed by atoms with E-state index in [9.17, 15) is 5.11 Å². The van der Waals surface area contributed by atoms with E-state index < -0.39 is 0 Å². The average Bonchev–Trinajstić information content (AvgIpc) is 2.95. The van der Waals surface area contributed by atoms with Crippen LogP contribution < -0.4 is 0 Å². The van der Waals surface area contributed by atoms with Crippen LogP contribution in [-0.2, 0) is 0 Å². The fraction of sp³-hybridized carbons (Fsp3) is 0. The molecule has 0 spiro atoms. The van der Waals surface area contributed by atoms with E-state index in [0.717, 1.165) is 5.56 Å². The van der Waals surface area contributed by atoms with Gasteiger partial charge in [-0.3, -0.25) is 10.1 Å². The molecule has 0 amide bonds. The second-order valence-electron chi connectivity index (χ2n) is 4.18. The van der Waals surface area contributed by atoms with E-state index in [1.54, 1.807) is 30.6 Å². The van der Waals surface area contributed by atoms with Crippen molar-refractivity contribution in [1.82, 2.24) is 20.2 Å². The Morgan fingerprint density at radius 2 is 1.95 bits per heavy atom. The van der Waals surface area contributed by atoms with Crippen molar-refractivity contribution in [2.75, 3.05) is 0 Å². The number of H-pyrrole nitrogens is 1. The van der Waals surface area contributed by atoms with Crippen LogP contribution in [0.2, 0.25) is 0 Å². The van der Waals surface area contributed by atoms with Crippen molar-refractivity contribution in [1.29, 1.82) is 0 Å². The minimum absolute atomic E-state index is 0.161. The lowest BCUT2D eigenvalue weighted by atomic mass is 10.2. The van der Waals surface area contributed by atoms with Gasteiger partial charge in [-0.1, -0.05) is 18.2 Å². The van der Waals surface area contributed by atoms with Gasteiger partial charge < -0.3 is 5.11 Å². The molecule has 0 aliphatic rings. The Kier molecular flexibility index (Phi) is 3.24. The lowest BCUT2D eigenvalue weighted by Gasteiger charge is -1.97. The van der Waals surface area contributed by atoms with Crippen LogP contribution in [0.5, 0.6) is 5.75 Å². The molecule has 2 heterocycles. The molecule has 2 N–H and O–H groups in total. The largest absolute Gasteiger partial charge is 0.507 e. The molecule has 1 aromatic carbocycles. The molecule has 2 aromatic heterocycles. The number of rotatable bonds is 3. The van der Waals surface area contributed by atoms with Crippen LogP contribution in [0.25, 0.3) is 23.5 Å². The molecule has 0 bridgehead atoms. The first kappa shape index (κ1) is 12.1. The van der Waals surface area contributed by atoms with Crippen LogP contribution in [0, 0.1) is 0 Å². The van der Waals surface area contributed by atoms with Crippen LogP contribution in [0.4, 0.5) is 0 Å². The normalized spacial score (nSPS) is 11.0. The molecule has 0 aliphatic carbocycles. The lowest BCUT2D eigenvalue weighted by molar-refractivity contribution is 0.477. The fourth-order valence-corrected chi connectivity index (χ4v) is 1.78. The van der Waals surface area contributed by atoms with Crippen LogP contribution in [0.15, 0.2) is 48.8 Å². The van der Waals surface area contributed by atoms with Gasteiger partial charge in [0.2, 0.25) is 0 Å². The van der Waals surface area contributed by atoms with Gasteiger partial charge in [0.1, 0.15) is 11.6 Å². The van der Waals surface area contributed by atoms with Crippen LogP contribution in [0.3, 0.4) is 0 Å². The van der Waals surface area contributed by atoms with E-state index in [4.69, 9.17) is 0 Å². The third-order valence-corrected chi connectivity index (χ3v) is 2.77. The molecule has 5 heteroatoms. The third-order valence-electron chi connectivity index (χ3n) is 2.77. The minimum atomic E-state index is 0.161. The predicted octanol–water partition coefficient (Wildman–Crippen LogP) is 2.74. The zero-order valence-electron chi connectivity index (χ0n) is 10.6. The molecule has 0 saturated carbocycles. The molecule has 0 saturated heterocycles. The molecule has 20 heavy (non-hydrogen) atoms.